The van der Waals surface area contributed by atoms with E-state index in [9.17, 15) is 9.59 Å². The number of rotatable bonds is 9. The molecule has 33 heavy (non-hydrogen) atoms. The van der Waals surface area contributed by atoms with E-state index < -0.39 is 12.1 Å². The quantitative estimate of drug-likeness (QED) is 0.311. The van der Waals surface area contributed by atoms with Crippen LogP contribution in [0.4, 0.5) is 0 Å². The van der Waals surface area contributed by atoms with Crippen molar-refractivity contribution in [3.05, 3.63) is 62.6 Å². The predicted molar refractivity (Wildman–Crippen MR) is 130 cm³/mol. The first-order valence-electron chi connectivity index (χ1n) is 10.6. The van der Waals surface area contributed by atoms with Gasteiger partial charge in [-0.15, -0.1) is 0 Å². The van der Waals surface area contributed by atoms with E-state index in [2.05, 4.69) is 26.0 Å². The minimum absolute atomic E-state index is 0.238. The van der Waals surface area contributed by atoms with Crippen LogP contribution in [-0.2, 0) is 16.0 Å². The Morgan fingerprint density at radius 1 is 1.21 bits per heavy atom. The van der Waals surface area contributed by atoms with Crippen LogP contribution in [0.15, 0.2) is 50.8 Å². The summed E-state index contributed by atoms with van der Waals surface area (Å²) in [5.41, 5.74) is 1.09. The fourth-order valence-corrected chi connectivity index (χ4v) is 3.56. The van der Waals surface area contributed by atoms with E-state index >= 15 is 0 Å². The summed E-state index contributed by atoms with van der Waals surface area (Å²) in [6.07, 6.45) is 2.22. The Hall–Kier alpha value is -3.20. The molecule has 8 nitrogen and oxygen atoms in total. The molecule has 0 aliphatic carbocycles. The lowest BCUT2D eigenvalue weighted by Gasteiger charge is -2.16. The van der Waals surface area contributed by atoms with Crippen LogP contribution in [0.2, 0.25) is 0 Å². The van der Waals surface area contributed by atoms with Crippen LogP contribution in [-0.4, -0.2) is 41.7 Å². The van der Waals surface area contributed by atoms with Gasteiger partial charge in [0, 0.05) is 10.9 Å². The molecule has 0 fully saturated rings. The van der Waals surface area contributed by atoms with Crippen molar-refractivity contribution in [3.63, 3.8) is 0 Å². The van der Waals surface area contributed by atoms with E-state index in [-0.39, 0.29) is 5.56 Å². The topological polar surface area (TPSA) is 92.0 Å². The van der Waals surface area contributed by atoms with Crippen molar-refractivity contribution >= 4 is 39.0 Å². The molecule has 0 bridgehead atoms. The van der Waals surface area contributed by atoms with E-state index in [1.807, 2.05) is 26.0 Å². The second-order valence-corrected chi connectivity index (χ2v) is 8.14. The maximum atomic E-state index is 13.1. The predicted octanol–water partition coefficient (Wildman–Crippen LogP) is 4.33. The highest BCUT2D eigenvalue weighted by atomic mass is 79.9. The lowest BCUT2D eigenvalue weighted by Crippen LogP contribution is -2.25. The van der Waals surface area contributed by atoms with Crippen LogP contribution >= 0.6 is 15.9 Å². The molecule has 0 aliphatic heterocycles. The zero-order valence-corrected chi connectivity index (χ0v) is 20.6. The van der Waals surface area contributed by atoms with Crippen molar-refractivity contribution in [1.82, 2.24) is 9.66 Å². The Kier molecular flexibility index (Phi) is 8.21. The molecule has 2 aromatic carbocycles. The van der Waals surface area contributed by atoms with Crippen molar-refractivity contribution in [2.75, 3.05) is 13.7 Å². The number of esters is 1. The van der Waals surface area contributed by atoms with Gasteiger partial charge in [0.25, 0.3) is 5.56 Å². The number of aryl methyl sites for hydroxylation is 1. The van der Waals surface area contributed by atoms with Gasteiger partial charge in [-0.05, 0) is 62.2 Å². The fourth-order valence-electron chi connectivity index (χ4n) is 3.20. The lowest BCUT2D eigenvalue weighted by molar-refractivity contribution is -0.147. The number of fused-ring (bicyclic) bond motifs is 1. The average molecular weight is 516 g/mol. The second-order valence-electron chi connectivity index (χ2n) is 7.22. The standard InChI is InChI=1S/C24H26BrN3O5/c1-5-7-22-27-19-10-9-17(25)13-18(19)23(29)28(22)26-14-16-8-11-20(21(12-16)32-6-2)33-15(3)24(30)31-4/h8-15H,5-7H2,1-4H3/t15-/m0/s1. The molecule has 0 radical (unpaired) electrons. The highest BCUT2D eigenvalue weighted by Gasteiger charge is 2.17. The normalized spacial score (nSPS) is 12.2. The molecule has 1 atom stereocenters. The number of halogens is 1. The third-order valence-electron chi connectivity index (χ3n) is 4.78. The van der Waals surface area contributed by atoms with E-state index in [4.69, 9.17) is 14.2 Å². The molecule has 0 saturated heterocycles. The maximum Gasteiger partial charge on any atom is 0.346 e. The van der Waals surface area contributed by atoms with Gasteiger partial charge in [0.05, 0.1) is 30.8 Å². The first kappa shape index (κ1) is 24.4. The molecule has 0 unspecified atom stereocenters. The number of hydrogen-bond acceptors (Lipinski definition) is 7. The number of ether oxygens (including phenoxy) is 3. The van der Waals surface area contributed by atoms with Gasteiger partial charge in [0.1, 0.15) is 5.82 Å². The number of benzene rings is 2. The van der Waals surface area contributed by atoms with Gasteiger partial charge in [0.2, 0.25) is 0 Å². The summed E-state index contributed by atoms with van der Waals surface area (Å²) in [5, 5.41) is 4.92. The van der Waals surface area contributed by atoms with Crippen LogP contribution in [0.5, 0.6) is 11.5 Å². The van der Waals surface area contributed by atoms with E-state index in [1.54, 1.807) is 37.4 Å². The largest absolute Gasteiger partial charge is 0.490 e. The summed E-state index contributed by atoms with van der Waals surface area (Å²) < 4.78 is 18.2. The van der Waals surface area contributed by atoms with Crippen LogP contribution in [0.3, 0.4) is 0 Å². The Morgan fingerprint density at radius 3 is 2.70 bits per heavy atom. The average Bonchev–Trinajstić information content (AvgIpc) is 2.80. The number of aromatic nitrogens is 2. The molecule has 0 saturated carbocycles. The van der Waals surface area contributed by atoms with E-state index in [0.717, 1.165) is 10.9 Å². The molecule has 3 rings (SSSR count). The first-order chi connectivity index (χ1) is 15.9. The minimum Gasteiger partial charge on any atom is -0.490 e. The van der Waals surface area contributed by atoms with Crippen molar-refractivity contribution in [2.24, 2.45) is 5.10 Å². The number of nitrogens with zero attached hydrogens (tertiary/aromatic N) is 3. The number of hydrogen-bond donors (Lipinski definition) is 0. The summed E-state index contributed by atoms with van der Waals surface area (Å²) in [7, 11) is 1.31. The van der Waals surface area contributed by atoms with Gasteiger partial charge in [-0.1, -0.05) is 22.9 Å². The molecule has 174 valence electrons. The zero-order chi connectivity index (χ0) is 24.0. The number of methoxy groups -OCH3 is 1. The second kappa shape index (κ2) is 11.1. The molecule has 0 spiro atoms. The number of carbonyl (C=O) groups excluding carboxylic acids is 1. The van der Waals surface area contributed by atoms with Crippen molar-refractivity contribution in [1.29, 1.82) is 0 Å². The van der Waals surface area contributed by atoms with Gasteiger partial charge in [-0.3, -0.25) is 4.79 Å². The first-order valence-corrected chi connectivity index (χ1v) is 11.4. The molecular formula is C24H26BrN3O5. The van der Waals surface area contributed by atoms with E-state index in [1.165, 1.54) is 11.8 Å². The summed E-state index contributed by atoms with van der Waals surface area (Å²) in [6, 6.07) is 10.6. The van der Waals surface area contributed by atoms with Crippen LogP contribution in [0.25, 0.3) is 10.9 Å². The summed E-state index contributed by atoms with van der Waals surface area (Å²) in [6.45, 7) is 5.88. The molecule has 1 heterocycles. The van der Waals surface area contributed by atoms with Gasteiger partial charge >= 0.3 is 5.97 Å². The lowest BCUT2D eigenvalue weighted by atomic mass is 10.2. The van der Waals surface area contributed by atoms with Crippen LogP contribution in [0, 0.1) is 0 Å². The van der Waals surface area contributed by atoms with Gasteiger partial charge in [-0.25, -0.2) is 9.78 Å². The summed E-state index contributed by atoms with van der Waals surface area (Å²) in [5.74, 6) is 0.971. The number of carbonyl (C=O) groups is 1. The van der Waals surface area contributed by atoms with Crippen molar-refractivity contribution < 1.29 is 19.0 Å². The van der Waals surface area contributed by atoms with Crippen LogP contribution in [0.1, 0.15) is 38.6 Å². The Balaban J connectivity index is 1.99. The molecule has 9 heteroatoms. The van der Waals surface area contributed by atoms with E-state index in [0.29, 0.717) is 46.8 Å². The van der Waals surface area contributed by atoms with Gasteiger partial charge in [0.15, 0.2) is 17.6 Å². The fraction of sp³-hybridized carbons (Fsp3) is 0.333. The minimum atomic E-state index is -0.785. The van der Waals surface area contributed by atoms with Gasteiger partial charge in [-0.2, -0.15) is 9.78 Å². The Labute approximate surface area is 200 Å². The third kappa shape index (κ3) is 5.78. The maximum absolute atomic E-state index is 13.1. The monoisotopic (exact) mass is 515 g/mol. The molecule has 0 amide bonds. The highest BCUT2D eigenvalue weighted by Crippen LogP contribution is 2.29. The van der Waals surface area contributed by atoms with Gasteiger partial charge < -0.3 is 14.2 Å². The smallest absolute Gasteiger partial charge is 0.346 e. The summed E-state index contributed by atoms with van der Waals surface area (Å²) >= 11 is 3.41. The SMILES string of the molecule is CCCc1nc2ccc(Br)cc2c(=O)n1N=Cc1ccc(O[C@@H](C)C(=O)OC)c(OCC)c1. The molecule has 3 aromatic rings. The zero-order valence-electron chi connectivity index (χ0n) is 19.0. The summed E-state index contributed by atoms with van der Waals surface area (Å²) in [4.78, 5) is 29.5. The third-order valence-corrected chi connectivity index (χ3v) is 5.27. The molecular weight excluding hydrogens is 490 g/mol. The Bertz CT molecular complexity index is 1240. The molecule has 1 aromatic heterocycles. The molecule has 0 aliphatic rings. The van der Waals surface area contributed by atoms with Crippen LogP contribution < -0.4 is 15.0 Å². The highest BCUT2D eigenvalue weighted by molar-refractivity contribution is 9.10. The Morgan fingerprint density at radius 2 is 2.00 bits per heavy atom. The van der Waals surface area contributed by atoms with Crippen molar-refractivity contribution in [2.45, 2.75) is 39.7 Å². The van der Waals surface area contributed by atoms with Crippen molar-refractivity contribution in [3.8, 4) is 11.5 Å². The molecule has 0 N–H and O–H groups in total.